The summed E-state index contributed by atoms with van der Waals surface area (Å²) < 4.78 is 1.90. The standard InChI is InChI=1S/C11H13ClN2/c1-11(2,3)8-4-5-10-13-6-9(12)14(10)7-8/h4-7H,1-3H3. The highest BCUT2D eigenvalue weighted by Gasteiger charge is 2.14. The van der Waals surface area contributed by atoms with Crippen molar-refractivity contribution in [2.75, 3.05) is 0 Å². The lowest BCUT2D eigenvalue weighted by atomic mass is 9.88. The van der Waals surface area contributed by atoms with E-state index in [0.717, 1.165) is 5.65 Å². The van der Waals surface area contributed by atoms with Gasteiger partial charge in [0.1, 0.15) is 10.8 Å². The van der Waals surface area contributed by atoms with Gasteiger partial charge in [0.2, 0.25) is 0 Å². The lowest BCUT2D eigenvalue weighted by Crippen LogP contribution is -2.11. The Bertz CT molecular complexity index is 466. The van der Waals surface area contributed by atoms with Gasteiger partial charge >= 0.3 is 0 Å². The van der Waals surface area contributed by atoms with Crippen molar-refractivity contribution in [2.24, 2.45) is 0 Å². The number of halogens is 1. The molecular weight excluding hydrogens is 196 g/mol. The Hall–Kier alpha value is -1.02. The summed E-state index contributed by atoms with van der Waals surface area (Å²) in [6.45, 7) is 6.54. The Labute approximate surface area is 88.5 Å². The fraction of sp³-hybridized carbons (Fsp3) is 0.364. The zero-order chi connectivity index (χ0) is 10.3. The Kier molecular flexibility index (Phi) is 2.04. The minimum Gasteiger partial charge on any atom is -0.290 e. The summed E-state index contributed by atoms with van der Waals surface area (Å²) in [5.41, 5.74) is 2.29. The van der Waals surface area contributed by atoms with E-state index in [4.69, 9.17) is 11.6 Å². The molecule has 0 spiro atoms. The number of fused-ring (bicyclic) bond motifs is 1. The lowest BCUT2D eigenvalue weighted by Gasteiger charge is -2.18. The Morgan fingerprint density at radius 2 is 2.00 bits per heavy atom. The van der Waals surface area contributed by atoms with E-state index in [2.05, 4.69) is 31.8 Å². The van der Waals surface area contributed by atoms with E-state index < -0.39 is 0 Å². The molecule has 3 heteroatoms. The van der Waals surface area contributed by atoms with E-state index in [0.29, 0.717) is 5.15 Å². The molecule has 0 aliphatic heterocycles. The Morgan fingerprint density at radius 1 is 1.29 bits per heavy atom. The minimum absolute atomic E-state index is 0.141. The van der Waals surface area contributed by atoms with Crippen LogP contribution in [0.2, 0.25) is 5.15 Å². The van der Waals surface area contributed by atoms with E-state index >= 15 is 0 Å². The topological polar surface area (TPSA) is 17.3 Å². The van der Waals surface area contributed by atoms with Crippen molar-refractivity contribution in [3.63, 3.8) is 0 Å². The first kappa shape index (κ1) is 9.53. The van der Waals surface area contributed by atoms with Crippen molar-refractivity contribution in [3.05, 3.63) is 35.2 Å². The maximum atomic E-state index is 6.00. The van der Waals surface area contributed by atoms with Crippen molar-refractivity contribution in [1.82, 2.24) is 9.38 Å². The third-order valence-electron chi connectivity index (χ3n) is 2.33. The molecule has 0 radical (unpaired) electrons. The molecule has 2 aromatic rings. The Balaban J connectivity index is 2.66. The first-order chi connectivity index (χ1) is 6.48. The molecule has 14 heavy (non-hydrogen) atoms. The first-order valence-electron chi connectivity index (χ1n) is 4.61. The van der Waals surface area contributed by atoms with Gasteiger partial charge in [-0.15, -0.1) is 0 Å². The van der Waals surface area contributed by atoms with Crippen LogP contribution in [0, 0.1) is 0 Å². The second-order valence-corrected chi connectivity index (χ2v) is 4.86. The van der Waals surface area contributed by atoms with Crippen LogP contribution in [0.25, 0.3) is 5.65 Å². The highest BCUT2D eigenvalue weighted by atomic mass is 35.5. The summed E-state index contributed by atoms with van der Waals surface area (Å²) in [5.74, 6) is 0. The van der Waals surface area contributed by atoms with Crippen molar-refractivity contribution >= 4 is 17.2 Å². The monoisotopic (exact) mass is 208 g/mol. The molecule has 0 bridgehead atoms. The predicted molar refractivity (Wildman–Crippen MR) is 58.9 cm³/mol. The van der Waals surface area contributed by atoms with Gasteiger partial charge in [-0.1, -0.05) is 38.4 Å². The van der Waals surface area contributed by atoms with Gasteiger partial charge in [-0.05, 0) is 17.0 Å². The summed E-state index contributed by atoms with van der Waals surface area (Å²) in [5, 5.41) is 0.658. The normalized spacial score (nSPS) is 12.3. The molecule has 0 unspecified atom stereocenters. The largest absolute Gasteiger partial charge is 0.290 e. The number of nitrogens with zero attached hydrogens (tertiary/aromatic N) is 2. The molecule has 74 valence electrons. The average molecular weight is 209 g/mol. The van der Waals surface area contributed by atoms with Crippen LogP contribution in [-0.4, -0.2) is 9.38 Å². The summed E-state index contributed by atoms with van der Waals surface area (Å²) in [7, 11) is 0. The lowest BCUT2D eigenvalue weighted by molar-refractivity contribution is 0.586. The minimum atomic E-state index is 0.141. The second-order valence-electron chi connectivity index (χ2n) is 4.48. The van der Waals surface area contributed by atoms with Crippen molar-refractivity contribution in [3.8, 4) is 0 Å². The molecule has 0 N–H and O–H groups in total. The van der Waals surface area contributed by atoms with Gasteiger partial charge in [-0.3, -0.25) is 4.40 Å². The molecule has 0 saturated carbocycles. The molecule has 0 aromatic carbocycles. The van der Waals surface area contributed by atoms with Crippen LogP contribution >= 0.6 is 11.6 Å². The summed E-state index contributed by atoms with van der Waals surface area (Å²) in [4.78, 5) is 4.17. The predicted octanol–water partition coefficient (Wildman–Crippen LogP) is 3.29. The number of rotatable bonds is 0. The number of hydrogen-bond donors (Lipinski definition) is 0. The van der Waals surface area contributed by atoms with Crippen molar-refractivity contribution in [1.29, 1.82) is 0 Å². The van der Waals surface area contributed by atoms with E-state index in [1.54, 1.807) is 6.20 Å². The zero-order valence-corrected chi connectivity index (χ0v) is 9.34. The van der Waals surface area contributed by atoms with Gasteiger partial charge in [0.15, 0.2) is 0 Å². The molecule has 0 amide bonds. The molecule has 2 rings (SSSR count). The fourth-order valence-corrected chi connectivity index (χ4v) is 1.58. The van der Waals surface area contributed by atoms with Gasteiger partial charge in [0, 0.05) is 6.20 Å². The SMILES string of the molecule is CC(C)(C)c1ccc2ncc(Cl)n2c1. The molecule has 0 aliphatic carbocycles. The van der Waals surface area contributed by atoms with Crippen molar-refractivity contribution < 1.29 is 0 Å². The Morgan fingerprint density at radius 3 is 2.64 bits per heavy atom. The van der Waals surface area contributed by atoms with E-state index in [-0.39, 0.29) is 5.41 Å². The molecule has 2 aromatic heterocycles. The van der Waals surface area contributed by atoms with Gasteiger partial charge < -0.3 is 0 Å². The molecule has 0 aliphatic rings. The van der Waals surface area contributed by atoms with Crippen LogP contribution in [0.3, 0.4) is 0 Å². The van der Waals surface area contributed by atoms with Crippen LogP contribution in [0.4, 0.5) is 0 Å². The molecule has 0 atom stereocenters. The van der Waals surface area contributed by atoms with Crippen LogP contribution in [-0.2, 0) is 5.41 Å². The van der Waals surface area contributed by atoms with Crippen LogP contribution in [0.15, 0.2) is 24.5 Å². The molecule has 0 fully saturated rings. The van der Waals surface area contributed by atoms with E-state index in [9.17, 15) is 0 Å². The molecule has 2 nitrogen and oxygen atoms in total. The summed E-state index contributed by atoms with van der Waals surface area (Å²) in [6, 6.07) is 4.09. The zero-order valence-electron chi connectivity index (χ0n) is 8.58. The van der Waals surface area contributed by atoms with Crippen LogP contribution in [0.5, 0.6) is 0 Å². The van der Waals surface area contributed by atoms with E-state index in [1.165, 1.54) is 5.56 Å². The van der Waals surface area contributed by atoms with Crippen molar-refractivity contribution in [2.45, 2.75) is 26.2 Å². The highest BCUT2D eigenvalue weighted by Crippen LogP contribution is 2.23. The van der Waals surface area contributed by atoms with E-state index in [1.807, 2.05) is 16.7 Å². The van der Waals surface area contributed by atoms with Gasteiger partial charge in [0.25, 0.3) is 0 Å². The third-order valence-corrected chi connectivity index (χ3v) is 2.61. The fourth-order valence-electron chi connectivity index (χ4n) is 1.39. The molecule has 2 heterocycles. The van der Waals surface area contributed by atoms with Crippen LogP contribution < -0.4 is 0 Å². The number of imidazole rings is 1. The van der Waals surface area contributed by atoms with Gasteiger partial charge in [-0.25, -0.2) is 4.98 Å². The van der Waals surface area contributed by atoms with Gasteiger partial charge in [0.05, 0.1) is 6.20 Å². The quantitative estimate of drug-likeness (QED) is 0.650. The maximum absolute atomic E-state index is 6.00. The number of hydrogen-bond acceptors (Lipinski definition) is 1. The molecular formula is C11H13ClN2. The number of pyridine rings is 1. The third kappa shape index (κ3) is 1.50. The maximum Gasteiger partial charge on any atom is 0.137 e. The first-order valence-corrected chi connectivity index (χ1v) is 4.99. The van der Waals surface area contributed by atoms with Crippen LogP contribution in [0.1, 0.15) is 26.3 Å². The van der Waals surface area contributed by atoms with Gasteiger partial charge in [-0.2, -0.15) is 0 Å². The molecule has 0 saturated heterocycles. The smallest absolute Gasteiger partial charge is 0.137 e. The summed E-state index contributed by atoms with van der Waals surface area (Å²) in [6.07, 6.45) is 3.72. The highest BCUT2D eigenvalue weighted by molar-refractivity contribution is 6.29. The summed E-state index contributed by atoms with van der Waals surface area (Å²) >= 11 is 6.00. The number of aromatic nitrogens is 2. The second kappa shape index (κ2) is 2.99. The average Bonchev–Trinajstić information content (AvgIpc) is 2.46.